The average molecular weight is 509 g/mol. The Morgan fingerprint density at radius 3 is 2.37 bits per heavy atom. The lowest BCUT2D eigenvalue weighted by Crippen LogP contribution is -2.51. The molecule has 1 atom stereocenters. The van der Waals surface area contributed by atoms with Gasteiger partial charge in [0.1, 0.15) is 0 Å². The van der Waals surface area contributed by atoms with Gasteiger partial charge in [-0.05, 0) is 19.4 Å². The maximum Gasteiger partial charge on any atom is 0.401 e. The highest BCUT2D eigenvalue weighted by molar-refractivity contribution is 14.0. The molecule has 0 spiro atoms. The van der Waals surface area contributed by atoms with E-state index in [4.69, 9.17) is 4.74 Å². The van der Waals surface area contributed by atoms with Gasteiger partial charge >= 0.3 is 6.18 Å². The molecule has 0 aromatic rings. The summed E-state index contributed by atoms with van der Waals surface area (Å²) >= 11 is 0. The molecule has 0 aromatic heterocycles. The maximum absolute atomic E-state index is 12.3. The number of halogens is 4. The number of guanidine groups is 1. The number of ether oxygens (including phenoxy) is 1. The van der Waals surface area contributed by atoms with E-state index in [9.17, 15) is 13.2 Å². The van der Waals surface area contributed by atoms with Crippen molar-refractivity contribution in [2.24, 2.45) is 10.9 Å². The Bertz CT molecular complexity index is 418. The van der Waals surface area contributed by atoms with Gasteiger partial charge in [0.05, 0.1) is 19.8 Å². The number of hydrogen-bond acceptors (Lipinski definition) is 4. The van der Waals surface area contributed by atoms with Gasteiger partial charge in [0, 0.05) is 45.8 Å². The molecule has 0 aliphatic carbocycles. The molecule has 1 fully saturated rings. The highest BCUT2D eigenvalue weighted by Crippen LogP contribution is 2.15. The molecule has 10 heteroatoms. The number of aliphatic imine (C=N–C) groups is 1. The molecule has 0 saturated carbocycles. The van der Waals surface area contributed by atoms with Crippen LogP contribution in [0.2, 0.25) is 0 Å². The second-order valence-electron chi connectivity index (χ2n) is 7.16. The van der Waals surface area contributed by atoms with Crippen molar-refractivity contribution in [2.45, 2.75) is 32.5 Å². The van der Waals surface area contributed by atoms with Crippen LogP contribution >= 0.6 is 24.0 Å². The van der Waals surface area contributed by atoms with Crippen molar-refractivity contribution in [3.63, 3.8) is 0 Å². The molecule has 2 N–H and O–H groups in total. The summed E-state index contributed by atoms with van der Waals surface area (Å²) in [5.41, 5.74) is 0. The molecule has 162 valence electrons. The zero-order valence-corrected chi connectivity index (χ0v) is 19.1. The SMILES string of the molecule is CN=C(NCCN(C)CC(F)(F)F)NCC(CC(C)C)N1CCOCC1.I. The average Bonchev–Trinajstić information content (AvgIpc) is 2.55. The first-order valence-corrected chi connectivity index (χ1v) is 9.23. The van der Waals surface area contributed by atoms with Crippen LogP contribution in [0.5, 0.6) is 0 Å². The van der Waals surface area contributed by atoms with Gasteiger partial charge in [-0.25, -0.2) is 0 Å². The Morgan fingerprint density at radius 1 is 1.22 bits per heavy atom. The first-order chi connectivity index (χ1) is 12.2. The minimum Gasteiger partial charge on any atom is -0.379 e. The third-order valence-corrected chi connectivity index (χ3v) is 4.27. The lowest BCUT2D eigenvalue weighted by molar-refractivity contribution is -0.142. The second kappa shape index (κ2) is 13.8. The summed E-state index contributed by atoms with van der Waals surface area (Å²) in [5, 5.41) is 6.39. The number of alkyl halides is 3. The van der Waals surface area contributed by atoms with Crippen molar-refractivity contribution >= 4 is 29.9 Å². The van der Waals surface area contributed by atoms with Crippen molar-refractivity contribution in [3.8, 4) is 0 Å². The van der Waals surface area contributed by atoms with Gasteiger partial charge < -0.3 is 15.4 Å². The van der Waals surface area contributed by atoms with Gasteiger partial charge in [-0.2, -0.15) is 13.2 Å². The lowest BCUT2D eigenvalue weighted by Gasteiger charge is -2.35. The first-order valence-electron chi connectivity index (χ1n) is 9.23. The van der Waals surface area contributed by atoms with E-state index < -0.39 is 12.7 Å². The lowest BCUT2D eigenvalue weighted by atomic mass is 10.0. The van der Waals surface area contributed by atoms with Crippen molar-refractivity contribution in [1.82, 2.24) is 20.4 Å². The zero-order chi connectivity index (χ0) is 19.6. The third kappa shape index (κ3) is 12.7. The standard InChI is InChI=1S/C17H34F3N5O.HI/c1-14(2)11-15(25-7-9-26-10-8-25)12-23-16(21-3)22-5-6-24(4)13-17(18,19)20;/h14-15H,5-13H2,1-4H3,(H2,21,22,23);1H. The van der Waals surface area contributed by atoms with Crippen LogP contribution in [-0.4, -0.2) is 94.6 Å². The molecule has 1 heterocycles. The Labute approximate surface area is 178 Å². The summed E-state index contributed by atoms with van der Waals surface area (Å²) in [7, 11) is 3.13. The molecule has 0 amide bonds. The Morgan fingerprint density at radius 2 is 1.85 bits per heavy atom. The summed E-state index contributed by atoms with van der Waals surface area (Å²) in [6, 6.07) is 0.380. The quantitative estimate of drug-likeness (QED) is 0.283. The molecule has 1 unspecified atom stereocenters. The van der Waals surface area contributed by atoms with E-state index in [0.29, 0.717) is 31.0 Å². The molecule has 1 rings (SSSR count). The zero-order valence-electron chi connectivity index (χ0n) is 16.8. The van der Waals surface area contributed by atoms with Crippen molar-refractivity contribution in [2.75, 3.05) is 66.6 Å². The fraction of sp³-hybridized carbons (Fsp3) is 0.941. The van der Waals surface area contributed by atoms with E-state index >= 15 is 0 Å². The second-order valence-corrected chi connectivity index (χ2v) is 7.16. The number of rotatable bonds is 9. The fourth-order valence-electron chi connectivity index (χ4n) is 3.03. The van der Waals surface area contributed by atoms with Crippen LogP contribution in [0, 0.1) is 5.92 Å². The molecule has 0 bridgehead atoms. The van der Waals surface area contributed by atoms with Crippen molar-refractivity contribution in [3.05, 3.63) is 0 Å². The number of likely N-dealkylation sites (N-methyl/N-ethyl adjacent to an activating group) is 1. The molecule has 27 heavy (non-hydrogen) atoms. The van der Waals surface area contributed by atoms with Crippen LogP contribution in [-0.2, 0) is 4.74 Å². The summed E-state index contributed by atoms with van der Waals surface area (Å²) in [4.78, 5) is 7.84. The summed E-state index contributed by atoms with van der Waals surface area (Å²) in [6.07, 6.45) is -3.10. The van der Waals surface area contributed by atoms with Gasteiger partial charge in [0.15, 0.2) is 5.96 Å². The van der Waals surface area contributed by atoms with Crippen molar-refractivity contribution in [1.29, 1.82) is 0 Å². The summed E-state index contributed by atoms with van der Waals surface area (Å²) in [6.45, 7) is 8.30. The largest absolute Gasteiger partial charge is 0.401 e. The normalized spacial score (nSPS) is 17.7. The molecule has 0 radical (unpaired) electrons. The predicted octanol–water partition coefficient (Wildman–Crippen LogP) is 2.01. The summed E-state index contributed by atoms with van der Waals surface area (Å²) in [5.74, 6) is 1.20. The maximum atomic E-state index is 12.3. The highest BCUT2D eigenvalue weighted by Gasteiger charge is 2.28. The molecule has 1 aliphatic rings. The van der Waals surface area contributed by atoms with Crippen LogP contribution < -0.4 is 10.6 Å². The molecule has 0 aromatic carbocycles. The number of nitrogens with zero attached hydrogens (tertiary/aromatic N) is 3. The predicted molar refractivity (Wildman–Crippen MR) is 114 cm³/mol. The number of nitrogens with one attached hydrogen (secondary N) is 2. The van der Waals surface area contributed by atoms with Crippen LogP contribution in [0.25, 0.3) is 0 Å². The monoisotopic (exact) mass is 509 g/mol. The third-order valence-electron chi connectivity index (χ3n) is 4.27. The van der Waals surface area contributed by atoms with E-state index in [0.717, 1.165) is 39.3 Å². The fourth-order valence-corrected chi connectivity index (χ4v) is 3.03. The van der Waals surface area contributed by atoms with E-state index in [1.807, 2.05) is 0 Å². The van der Waals surface area contributed by atoms with E-state index in [1.54, 1.807) is 7.05 Å². The van der Waals surface area contributed by atoms with Crippen LogP contribution in [0.4, 0.5) is 13.2 Å². The first kappa shape index (κ1) is 26.7. The van der Waals surface area contributed by atoms with Crippen LogP contribution in [0.1, 0.15) is 20.3 Å². The van der Waals surface area contributed by atoms with Crippen molar-refractivity contribution < 1.29 is 17.9 Å². The van der Waals surface area contributed by atoms with Gasteiger partial charge in [-0.3, -0.25) is 14.8 Å². The molecule has 1 aliphatic heterocycles. The number of morpholine rings is 1. The minimum atomic E-state index is -4.17. The van der Waals surface area contributed by atoms with Gasteiger partial charge in [-0.1, -0.05) is 13.8 Å². The minimum absolute atomic E-state index is 0. The Balaban J connectivity index is 0.00000676. The highest BCUT2D eigenvalue weighted by atomic mass is 127. The number of hydrogen-bond donors (Lipinski definition) is 2. The van der Waals surface area contributed by atoms with Gasteiger partial charge in [0.2, 0.25) is 0 Å². The molecular formula is C17H35F3IN5O. The Kier molecular flexibility index (Phi) is 13.6. The molecular weight excluding hydrogens is 474 g/mol. The molecule has 1 saturated heterocycles. The summed E-state index contributed by atoms with van der Waals surface area (Å²) < 4.78 is 42.4. The Hall–Kier alpha value is -0.330. The topological polar surface area (TPSA) is 52.1 Å². The molecule has 6 nitrogen and oxygen atoms in total. The van der Waals surface area contributed by atoms with Crippen LogP contribution in [0.3, 0.4) is 0 Å². The van der Waals surface area contributed by atoms with Gasteiger partial charge in [-0.15, -0.1) is 24.0 Å². The van der Waals surface area contributed by atoms with E-state index in [-0.39, 0.29) is 24.0 Å². The van der Waals surface area contributed by atoms with E-state index in [1.165, 1.54) is 11.9 Å². The van der Waals surface area contributed by atoms with E-state index in [2.05, 4.69) is 34.4 Å². The van der Waals surface area contributed by atoms with Gasteiger partial charge in [0.25, 0.3) is 0 Å². The van der Waals surface area contributed by atoms with Crippen LogP contribution in [0.15, 0.2) is 4.99 Å². The smallest absolute Gasteiger partial charge is 0.379 e.